The van der Waals surface area contributed by atoms with Crippen molar-refractivity contribution in [2.24, 2.45) is 5.92 Å². The van der Waals surface area contributed by atoms with Gasteiger partial charge < -0.3 is 5.32 Å². The van der Waals surface area contributed by atoms with Gasteiger partial charge >= 0.3 is 5.69 Å². The van der Waals surface area contributed by atoms with Crippen LogP contribution in [0.1, 0.15) is 15.9 Å². The summed E-state index contributed by atoms with van der Waals surface area (Å²) in [5.74, 6) is -0.173. The third kappa shape index (κ3) is 2.71. The van der Waals surface area contributed by atoms with Crippen LogP contribution in [-0.4, -0.2) is 32.2 Å². The highest BCUT2D eigenvalue weighted by atomic mass is 16.2. The fourth-order valence-corrected chi connectivity index (χ4v) is 3.30. The highest BCUT2D eigenvalue weighted by Gasteiger charge is 2.23. The van der Waals surface area contributed by atoms with Crippen molar-refractivity contribution in [1.82, 2.24) is 25.1 Å². The molecule has 8 heteroatoms. The Labute approximate surface area is 141 Å². The van der Waals surface area contributed by atoms with E-state index in [9.17, 15) is 14.4 Å². The van der Waals surface area contributed by atoms with Crippen molar-refractivity contribution >= 4 is 16.8 Å². The third-order valence-corrected chi connectivity index (χ3v) is 4.45. The van der Waals surface area contributed by atoms with Gasteiger partial charge in [0.1, 0.15) is 0 Å². The number of aromatic nitrogens is 4. The fourth-order valence-electron chi connectivity index (χ4n) is 3.30. The average Bonchev–Trinajstić information content (AvgIpc) is 2.64. The number of rotatable bonds is 3. The van der Waals surface area contributed by atoms with Crippen molar-refractivity contribution in [3.8, 4) is 0 Å². The van der Waals surface area contributed by atoms with Crippen molar-refractivity contribution in [3.05, 3.63) is 68.6 Å². The summed E-state index contributed by atoms with van der Waals surface area (Å²) in [7, 11) is 0. The van der Waals surface area contributed by atoms with E-state index < -0.39 is 5.69 Å². The maximum Gasteiger partial charge on any atom is 0.328 e. The van der Waals surface area contributed by atoms with E-state index in [-0.39, 0.29) is 17.4 Å². The first-order chi connectivity index (χ1) is 12.1. The zero-order valence-electron chi connectivity index (χ0n) is 13.2. The van der Waals surface area contributed by atoms with Gasteiger partial charge in [0.25, 0.3) is 11.5 Å². The molecule has 1 atom stereocenters. The summed E-state index contributed by atoms with van der Waals surface area (Å²) >= 11 is 0. The predicted octanol–water partition coefficient (Wildman–Crippen LogP) is 0.0821. The third-order valence-electron chi connectivity index (χ3n) is 4.45. The highest BCUT2D eigenvalue weighted by molar-refractivity contribution is 5.93. The summed E-state index contributed by atoms with van der Waals surface area (Å²) in [6.07, 6.45) is 3.55. The molecule has 0 spiro atoms. The second-order valence-electron chi connectivity index (χ2n) is 6.09. The number of carbonyl (C=O) groups is 1. The van der Waals surface area contributed by atoms with Gasteiger partial charge in [-0.05, 0) is 30.0 Å². The summed E-state index contributed by atoms with van der Waals surface area (Å²) in [5, 5.41) is 10.7. The normalized spacial score (nSPS) is 15.9. The maximum atomic E-state index is 12.2. The molecule has 0 radical (unpaired) electrons. The van der Waals surface area contributed by atoms with Gasteiger partial charge in [0.2, 0.25) is 0 Å². The van der Waals surface area contributed by atoms with Crippen LogP contribution in [0.3, 0.4) is 0 Å². The lowest BCUT2D eigenvalue weighted by atomic mass is 9.93. The molecule has 2 aromatic heterocycles. The molecule has 1 aromatic carbocycles. The van der Waals surface area contributed by atoms with Gasteiger partial charge in [-0.25, -0.2) is 4.79 Å². The molecule has 126 valence electrons. The van der Waals surface area contributed by atoms with Crippen molar-refractivity contribution in [2.75, 3.05) is 6.54 Å². The molecular weight excluding hydrogens is 322 g/mol. The standard InChI is InChI=1S/C17H15N5O3/c23-15(12-4-5-19-20-8-12)18-7-10-6-11-2-1-3-13-14(11)22(9-10)17(25)21-16(13)24/h1-5,8,10H,6-7,9H2,(H,18,23)(H,21,24,25). The van der Waals surface area contributed by atoms with E-state index in [4.69, 9.17) is 0 Å². The molecule has 1 aliphatic heterocycles. The number of nitrogens with one attached hydrogen (secondary N) is 2. The van der Waals surface area contributed by atoms with Crippen molar-refractivity contribution < 1.29 is 4.79 Å². The van der Waals surface area contributed by atoms with Crippen LogP contribution in [0.25, 0.3) is 10.9 Å². The summed E-state index contributed by atoms with van der Waals surface area (Å²) in [5.41, 5.74) is 1.29. The SMILES string of the molecule is O=C(NCC1Cc2cccc3c(=O)[nH]c(=O)n(c23)C1)c1ccnnc1. The van der Waals surface area contributed by atoms with Crippen molar-refractivity contribution in [1.29, 1.82) is 0 Å². The number of amides is 1. The molecule has 0 saturated carbocycles. The molecule has 0 saturated heterocycles. The zero-order valence-corrected chi connectivity index (χ0v) is 13.2. The van der Waals surface area contributed by atoms with Gasteiger partial charge in [0, 0.05) is 13.1 Å². The van der Waals surface area contributed by atoms with E-state index in [1.807, 2.05) is 12.1 Å². The minimum absolute atomic E-state index is 0.0560. The Bertz CT molecular complexity index is 1070. The Morgan fingerprint density at radius 2 is 2.16 bits per heavy atom. The van der Waals surface area contributed by atoms with E-state index in [0.29, 0.717) is 36.0 Å². The van der Waals surface area contributed by atoms with Gasteiger partial charge in [-0.1, -0.05) is 12.1 Å². The molecule has 25 heavy (non-hydrogen) atoms. The summed E-state index contributed by atoms with van der Waals surface area (Å²) in [4.78, 5) is 38.6. The maximum absolute atomic E-state index is 12.2. The molecule has 3 heterocycles. The number of hydrogen-bond acceptors (Lipinski definition) is 5. The number of benzene rings is 1. The largest absolute Gasteiger partial charge is 0.352 e. The van der Waals surface area contributed by atoms with Gasteiger partial charge in [-0.3, -0.25) is 19.1 Å². The topological polar surface area (TPSA) is 110 Å². The quantitative estimate of drug-likeness (QED) is 0.703. The fraction of sp³-hybridized carbons (Fsp3) is 0.235. The van der Waals surface area contributed by atoms with Crippen LogP contribution in [0.15, 0.2) is 46.2 Å². The van der Waals surface area contributed by atoms with Crippen LogP contribution in [0.2, 0.25) is 0 Å². The van der Waals surface area contributed by atoms with Gasteiger partial charge in [-0.15, -0.1) is 0 Å². The molecule has 2 N–H and O–H groups in total. The lowest BCUT2D eigenvalue weighted by Gasteiger charge is -2.26. The molecule has 1 unspecified atom stereocenters. The Morgan fingerprint density at radius 3 is 2.96 bits per heavy atom. The van der Waals surface area contributed by atoms with E-state index in [0.717, 1.165) is 5.56 Å². The van der Waals surface area contributed by atoms with Gasteiger partial charge in [0.15, 0.2) is 0 Å². The second kappa shape index (κ2) is 5.97. The first kappa shape index (κ1) is 15.3. The van der Waals surface area contributed by atoms with Gasteiger partial charge in [-0.2, -0.15) is 10.2 Å². The molecule has 1 amide bonds. The van der Waals surface area contributed by atoms with E-state index in [1.54, 1.807) is 16.7 Å². The highest BCUT2D eigenvalue weighted by Crippen LogP contribution is 2.24. The van der Waals surface area contributed by atoms with Crippen LogP contribution >= 0.6 is 0 Å². The molecule has 1 aliphatic rings. The molecule has 3 aromatic rings. The number of para-hydroxylation sites is 1. The Morgan fingerprint density at radius 1 is 1.28 bits per heavy atom. The smallest absolute Gasteiger partial charge is 0.328 e. The second-order valence-corrected chi connectivity index (χ2v) is 6.09. The van der Waals surface area contributed by atoms with Gasteiger partial charge in [0.05, 0.1) is 28.9 Å². The number of aromatic amines is 1. The van der Waals surface area contributed by atoms with E-state index >= 15 is 0 Å². The average molecular weight is 337 g/mol. The van der Waals surface area contributed by atoms with Crippen LogP contribution in [0.5, 0.6) is 0 Å². The molecule has 0 bridgehead atoms. The van der Waals surface area contributed by atoms with Crippen molar-refractivity contribution in [3.63, 3.8) is 0 Å². The summed E-state index contributed by atoms with van der Waals surface area (Å²) in [6.45, 7) is 0.862. The minimum atomic E-state index is -0.417. The Kier molecular flexibility index (Phi) is 3.64. The monoisotopic (exact) mass is 337 g/mol. The van der Waals surface area contributed by atoms with Crippen LogP contribution in [-0.2, 0) is 13.0 Å². The van der Waals surface area contributed by atoms with E-state index in [2.05, 4.69) is 20.5 Å². The lowest BCUT2D eigenvalue weighted by molar-refractivity contribution is 0.0944. The number of hydrogen-bond donors (Lipinski definition) is 2. The predicted molar refractivity (Wildman–Crippen MR) is 90.4 cm³/mol. The van der Waals surface area contributed by atoms with Crippen molar-refractivity contribution in [2.45, 2.75) is 13.0 Å². The number of H-pyrrole nitrogens is 1. The van der Waals surface area contributed by atoms with Crippen LogP contribution in [0, 0.1) is 5.92 Å². The molecular formula is C17H15N5O3. The number of nitrogens with zero attached hydrogens (tertiary/aromatic N) is 3. The Hall–Kier alpha value is -3.29. The molecule has 4 rings (SSSR count). The van der Waals surface area contributed by atoms with Crippen LogP contribution < -0.4 is 16.6 Å². The number of carbonyl (C=O) groups excluding carboxylic acids is 1. The molecule has 8 nitrogen and oxygen atoms in total. The minimum Gasteiger partial charge on any atom is -0.352 e. The summed E-state index contributed by atoms with van der Waals surface area (Å²) in [6, 6.07) is 7.03. The zero-order chi connectivity index (χ0) is 17.4. The van der Waals surface area contributed by atoms with Crippen LogP contribution in [0.4, 0.5) is 0 Å². The lowest BCUT2D eigenvalue weighted by Crippen LogP contribution is -2.39. The molecule has 0 aliphatic carbocycles. The first-order valence-electron chi connectivity index (χ1n) is 7.93. The molecule has 0 fully saturated rings. The Balaban J connectivity index is 1.58. The van der Waals surface area contributed by atoms with E-state index in [1.165, 1.54) is 12.4 Å². The first-order valence-corrected chi connectivity index (χ1v) is 7.93. The summed E-state index contributed by atoms with van der Waals surface area (Å²) < 4.78 is 1.58.